The third kappa shape index (κ3) is 17.6. The van der Waals surface area contributed by atoms with Gasteiger partial charge in [-0.2, -0.15) is 0 Å². The van der Waals surface area contributed by atoms with E-state index in [2.05, 4.69) is 133 Å². The Morgan fingerprint density at radius 2 is 0.822 bits per heavy atom. The van der Waals surface area contributed by atoms with E-state index in [1.165, 1.54) is 16.2 Å². The third-order valence-electron chi connectivity index (χ3n) is 21.6. The van der Waals surface area contributed by atoms with Crippen molar-refractivity contribution in [3.63, 3.8) is 0 Å². The zero-order valence-corrected chi connectivity index (χ0v) is 68.8. The highest BCUT2D eigenvalue weighted by atomic mass is 32.2. The maximum atomic E-state index is 15.2. The predicted molar refractivity (Wildman–Crippen MR) is 440 cm³/mol. The van der Waals surface area contributed by atoms with Crippen LogP contribution in [0.5, 0.6) is 34.5 Å². The van der Waals surface area contributed by atoms with E-state index in [0.717, 1.165) is 250 Å². The van der Waals surface area contributed by atoms with Gasteiger partial charge in [-0.3, -0.25) is 0 Å². The van der Waals surface area contributed by atoms with E-state index in [1.807, 2.05) is 35.6 Å². The number of rotatable bonds is 43. The molecule has 0 amide bonds. The summed E-state index contributed by atoms with van der Waals surface area (Å²) in [6.45, 7) is 34.1. The summed E-state index contributed by atoms with van der Waals surface area (Å²) in [5.41, 5.74) is 1.90. The lowest BCUT2D eigenvalue weighted by Crippen LogP contribution is -2.21. The van der Waals surface area contributed by atoms with Crippen LogP contribution in [0.3, 0.4) is 0 Å². The molecule has 0 saturated heterocycles. The Bertz CT molecular complexity index is 4260. The number of unbranched alkanes of at least 4 members (excludes halogenated alkanes) is 5. The number of benzene rings is 4. The van der Waals surface area contributed by atoms with Crippen molar-refractivity contribution in [1.82, 2.24) is 4.98 Å². The smallest absolute Gasteiger partial charge is 0.210 e. The molecule has 10 aromatic rings. The van der Waals surface area contributed by atoms with Crippen molar-refractivity contribution < 1.29 is 37.6 Å². The molecule has 0 saturated carbocycles. The average Bonchev–Trinajstić information content (AvgIpc) is 1.57. The van der Waals surface area contributed by atoms with Crippen molar-refractivity contribution in [2.75, 3.05) is 32.2 Å². The summed E-state index contributed by atoms with van der Waals surface area (Å²) in [7, 11) is -3.80. The average molecular weight is 1500 g/mol. The molecule has 0 fully saturated rings. The first-order valence-corrected chi connectivity index (χ1v) is 45.2. The fourth-order valence-corrected chi connectivity index (χ4v) is 24.4. The fraction of sp³-hybridized carbons (Fsp3) is 0.565. The molecule has 0 bridgehead atoms. The van der Waals surface area contributed by atoms with Gasteiger partial charge in [-0.1, -0.05) is 212 Å². The number of hydrogen-bond acceptors (Lipinski definition) is 15. The van der Waals surface area contributed by atoms with E-state index < -0.39 is 15.3 Å². The first kappa shape index (κ1) is 78.6. The second-order valence-corrected chi connectivity index (χ2v) is 38.0. The largest absolute Gasteiger partial charge is 0.508 e. The van der Waals surface area contributed by atoms with Crippen molar-refractivity contribution in [3.05, 3.63) is 93.0 Å². The van der Waals surface area contributed by atoms with Gasteiger partial charge in [0.15, 0.2) is 0 Å². The minimum atomic E-state index is -3.80. The van der Waals surface area contributed by atoms with Gasteiger partial charge in [0.05, 0.1) is 66.1 Å². The Balaban J connectivity index is 1.23. The van der Waals surface area contributed by atoms with Gasteiger partial charge in [0.25, 0.3) is 0 Å². The number of thiophene rings is 5. The number of aromatic nitrogens is 1. The summed E-state index contributed by atoms with van der Waals surface area (Å²) in [4.78, 5) is 11.9. The molecular weight excluding hydrogens is 1390 g/mol. The first-order chi connectivity index (χ1) is 48.8. The Labute approximate surface area is 628 Å². The summed E-state index contributed by atoms with van der Waals surface area (Å²) in [5, 5.41) is 25.2. The van der Waals surface area contributed by atoms with Gasteiger partial charge in [0.2, 0.25) is 14.2 Å². The fourth-order valence-electron chi connectivity index (χ4n) is 14.5. The van der Waals surface area contributed by atoms with E-state index >= 15 is 8.42 Å². The lowest BCUT2D eigenvalue weighted by Gasteiger charge is -2.29. The van der Waals surface area contributed by atoms with Crippen molar-refractivity contribution >= 4 is 128 Å². The molecule has 0 radical (unpaired) electrons. The number of aromatic hydroxyl groups is 2. The molecule has 550 valence electrons. The number of phenolic OH excluding ortho intramolecular Hbond substituents is 2. The predicted octanol–water partition coefficient (Wildman–Crippen LogP) is 27.8. The summed E-state index contributed by atoms with van der Waals surface area (Å²) in [5.74, 6) is 5.68. The number of ether oxygens (including phenoxy) is 4. The van der Waals surface area contributed by atoms with Crippen molar-refractivity contribution in [1.29, 1.82) is 0 Å². The Hall–Kier alpha value is -4.94. The van der Waals surface area contributed by atoms with Crippen LogP contribution in [0.2, 0.25) is 0 Å². The minimum absolute atomic E-state index is 0.0337. The Morgan fingerprint density at radius 1 is 0.436 bits per heavy atom. The molecule has 2 N–H and O–H groups in total. The van der Waals surface area contributed by atoms with Crippen molar-refractivity contribution in [2.24, 2.45) is 29.6 Å². The number of nitrogens with zero attached hydrogens (tertiary/aromatic N) is 1. The van der Waals surface area contributed by atoms with Crippen molar-refractivity contribution in [2.45, 2.75) is 253 Å². The summed E-state index contributed by atoms with van der Waals surface area (Å²) >= 11 is 10.2. The van der Waals surface area contributed by atoms with Gasteiger partial charge < -0.3 is 29.2 Å². The molecule has 0 spiro atoms. The highest BCUT2D eigenvalue weighted by Crippen LogP contribution is 2.59. The maximum Gasteiger partial charge on any atom is 0.210 e. The molecule has 10 rings (SSSR count). The second-order valence-electron chi connectivity index (χ2n) is 29.6. The van der Waals surface area contributed by atoms with Crippen LogP contribution in [-0.2, 0) is 20.7 Å². The Kier molecular flexibility index (Phi) is 28.0. The standard InChI is InChI=1S/C85H115NO8S7/c1-15-26-31-54(21-7)49-91-72-63-45-67(59-36-40-61(87)41-37-59)95-76(63)74(93-51-56(23-9)33-28-17-3)65-47-69(97-78(65)72)84(12,13)82-71-81(100-83(86-71)101(89,90)53-58(25-11)35-30-19-5)80(99-82)68-46-64-73(92-50-55(22-8)32-27-16-2)79-66(75(77(64)96-68)94-52-57(24-10)34-29-18-4)48-70(98-79)85(14,44-20-6)60-38-42-62(88)43-39-60/h36-43,45-48,54-58,87-88H,15-35,44,49-53H2,1-14H3. The monoisotopic (exact) mass is 1500 g/mol. The Morgan fingerprint density at radius 3 is 1.26 bits per heavy atom. The number of phenols is 2. The number of fused-ring (bicyclic) bond motifs is 5. The number of sulfone groups is 1. The van der Waals surface area contributed by atoms with Gasteiger partial charge >= 0.3 is 0 Å². The summed E-state index contributed by atoms with van der Waals surface area (Å²) < 4.78 is 65.3. The van der Waals surface area contributed by atoms with Gasteiger partial charge in [-0.25, -0.2) is 13.4 Å². The topological polar surface area (TPSA) is 124 Å². The molecule has 4 aromatic carbocycles. The molecule has 9 nitrogen and oxygen atoms in total. The second kappa shape index (κ2) is 35.9. The van der Waals surface area contributed by atoms with Crippen LogP contribution in [0.25, 0.3) is 70.8 Å². The molecule has 101 heavy (non-hydrogen) atoms. The highest BCUT2D eigenvalue weighted by Gasteiger charge is 2.38. The lowest BCUT2D eigenvalue weighted by molar-refractivity contribution is 0.235. The quantitative estimate of drug-likeness (QED) is 0.0384. The van der Waals surface area contributed by atoms with E-state index in [9.17, 15) is 10.2 Å². The summed E-state index contributed by atoms with van der Waals surface area (Å²) in [6.07, 6.45) is 23.1. The van der Waals surface area contributed by atoms with Crippen LogP contribution in [0, 0.1) is 29.6 Å². The van der Waals surface area contributed by atoms with Crippen LogP contribution in [-0.4, -0.2) is 55.8 Å². The molecule has 6 unspecified atom stereocenters. The normalized spacial score (nSPS) is 14.6. The minimum Gasteiger partial charge on any atom is -0.508 e. The van der Waals surface area contributed by atoms with E-state index in [4.69, 9.17) is 23.9 Å². The van der Waals surface area contributed by atoms with E-state index in [-0.39, 0.29) is 32.9 Å². The SMILES string of the molecule is CCCCC(CC)COc1c2cc(C(C)(C)c3sc(-c4cc5c(OCC(CC)CCCC)c6sc(C(C)(CCC)c7ccc(O)cc7)cc6c(OCC(CC)CCCC)c5s4)c4sc(S(=O)(=O)CC(CC)CCCC)nc34)sc2c(OCC(CC)CCCC)c2cc(-c3ccc(O)cc3)sc12. The van der Waals surface area contributed by atoms with Gasteiger partial charge in [0, 0.05) is 56.8 Å². The van der Waals surface area contributed by atoms with Gasteiger partial charge in [-0.05, 0) is 140 Å². The zero-order valence-electron chi connectivity index (χ0n) is 63.1. The van der Waals surface area contributed by atoms with Gasteiger partial charge in [-0.15, -0.1) is 68.0 Å². The van der Waals surface area contributed by atoms with E-state index in [1.54, 1.807) is 57.5 Å². The van der Waals surface area contributed by atoms with Crippen LogP contribution in [0.1, 0.15) is 258 Å². The molecule has 6 heterocycles. The molecule has 0 aliphatic carbocycles. The number of hydrogen-bond donors (Lipinski definition) is 2. The molecule has 16 heteroatoms. The van der Waals surface area contributed by atoms with Crippen molar-refractivity contribution in [3.8, 4) is 54.7 Å². The van der Waals surface area contributed by atoms with Crippen LogP contribution in [0.15, 0.2) is 77.1 Å². The molecule has 0 aliphatic rings. The van der Waals surface area contributed by atoms with Gasteiger partial charge in [0.1, 0.15) is 34.5 Å². The molecule has 6 atom stereocenters. The summed E-state index contributed by atoms with van der Waals surface area (Å²) in [6, 6.07) is 24.7. The lowest BCUT2D eigenvalue weighted by atomic mass is 9.77. The third-order valence-corrected chi connectivity index (χ3v) is 32.0. The molecule has 0 aliphatic heterocycles. The van der Waals surface area contributed by atoms with Crippen LogP contribution in [0.4, 0.5) is 0 Å². The van der Waals surface area contributed by atoms with E-state index in [0.29, 0.717) is 50.1 Å². The maximum absolute atomic E-state index is 15.2. The van der Waals surface area contributed by atoms with Crippen LogP contribution < -0.4 is 18.9 Å². The number of thiazole rings is 1. The highest BCUT2D eigenvalue weighted by molar-refractivity contribution is 7.93. The first-order valence-electron chi connectivity index (χ1n) is 38.6. The zero-order chi connectivity index (χ0) is 72.2. The molecule has 6 aromatic heterocycles. The molecular formula is C85H115NO8S7. The van der Waals surface area contributed by atoms with Crippen LogP contribution >= 0.6 is 68.0 Å².